The number of hydrogen-bond acceptors (Lipinski definition) is 4. The van der Waals surface area contributed by atoms with Crippen LogP contribution >= 0.6 is 11.8 Å². The minimum absolute atomic E-state index is 0.742. The van der Waals surface area contributed by atoms with E-state index in [-0.39, 0.29) is 0 Å². The molecule has 4 nitrogen and oxygen atoms in total. The van der Waals surface area contributed by atoms with Crippen molar-refractivity contribution >= 4 is 17.5 Å². The highest BCUT2D eigenvalue weighted by Gasteiger charge is 2.17. The first-order valence-corrected chi connectivity index (χ1v) is 6.23. The quantitative estimate of drug-likeness (QED) is 0.723. The molecule has 0 unspecified atom stereocenters. The Bertz CT molecular complexity index is 505. The normalized spacial score (nSPS) is 14.7. The number of rotatable bonds is 2. The van der Waals surface area contributed by atoms with E-state index in [9.17, 15) is 0 Å². The highest BCUT2D eigenvalue weighted by atomic mass is 32.2. The molecule has 0 bridgehead atoms. The number of nitrogens with zero attached hydrogens (tertiary/aromatic N) is 4. The van der Waals surface area contributed by atoms with Gasteiger partial charge in [-0.2, -0.15) is 9.50 Å². The molecule has 0 fully saturated rings. The maximum absolute atomic E-state index is 4.48. The fraction of sp³-hybridized carbons (Fsp3) is 0.500. The summed E-state index contributed by atoms with van der Waals surface area (Å²) < 4.78 is 1.92. The summed E-state index contributed by atoms with van der Waals surface area (Å²) in [5.74, 6) is 1.74. The molecule has 5 heteroatoms. The summed E-state index contributed by atoms with van der Waals surface area (Å²) in [6, 6.07) is 0. The zero-order valence-corrected chi connectivity index (χ0v) is 9.42. The summed E-state index contributed by atoms with van der Waals surface area (Å²) in [5, 5.41) is 5.32. The minimum atomic E-state index is 0.742. The Balaban J connectivity index is 2.18. The molecule has 0 N–H and O–H groups in total. The summed E-state index contributed by atoms with van der Waals surface area (Å²) in [7, 11) is 0. The summed E-state index contributed by atoms with van der Waals surface area (Å²) in [6.07, 6.45) is 5.40. The standard InChI is InChI=1S/C10H12N4S/c1-2-15-10-12-9-11-6-7-4-3-5-8(7)14(9)13-10/h6H,2-5H2,1H3. The Morgan fingerprint density at radius 3 is 3.27 bits per heavy atom. The first-order chi connectivity index (χ1) is 7.38. The molecule has 0 radical (unpaired) electrons. The second-order valence-electron chi connectivity index (χ2n) is 3.62. The van der Waals surface area contributed by atoms with Crippen molar-refractivity contribution in [2.45, 2.75) is 31.3 Å². The van der Waals surface area contributed by atoms with Gasteiger partial charge in [-0.25, -0.2) is 4.98 Å². The maximum atomic E-state index is 4.48. The lowest BCUT2D eigenvalue weighted by atomic mass is 10.3. The van der Waals surface area contributed by atoms with Crippen molar-refractivity contribution in [2.75, 3.05) is 5.75 Å². The van der Waals surface area contributed by atoms with Crippen LogP contribution in [0.25, 0.3) is 5.78 Å². The predicted octanol–water partition coefficient (Wildman–Crippen LogP) is 1.72. The fourth-order valence-electron chi connectivity index (χ4n) is 2.01. The Morgan fingerprint density at radius 1 is 1.47 bits per heavy atom. The van der Waals surface area contributed by atoms with Crippen molar-refractivity contribution in [3.05, 3.63) is 17.5 Å². The number of fused-ring (bicyclic) bond motifs is 3. The lowest BCUT2D eigenvalue weighted by Crippen LogP contribution is -1.99. The highest BCUT2D eigenvalue weighted by Crippen LogP contribution is 2.22. The largest absolute Gasteiger partial charge is 0.253 e. The molecular formula is C10H12N4S. The van der Waals surface area contributed by atoms with E-state index in [2.05, 4.69) is 22.0 Å². The van der Waals surface area contributed by atoms with E-state index in [4.69, 9.17) is 0 Å². The number of hydrogen-bond donors (Lipinski definition) is 0. The Morgan fingerprint density at radius 2 is 2.40 bits per heavy atom. The van der Waals surface area contributed by atoms with Gasteiger partial charge >= 0.3 is 0 Å². The zero-order valence-electron chi connectivity index (χ0n) is 8.60. The van der Waals surface area contributed by atoms with Crippen LogP contribution in [-0.4, -0.2) is 25.3 Å². The van der Waals surface area contributed by atoms with E-state index < -0.39 is 0 Å². The molecule has 3 rings (SSSR count). The SMILES string of the molecule is CCSc1nc2ncc3c(n2n1)CCC3. The molecule has 0 amide bonds. The predicted molar refractivity (Wildman–Crippen MR) is 59.2 cm³/mol. The van der Waals surface area contributed by atoms with Crippen LogP contribution in [0.3, 0.4) is 0 Å². The average molecular weight is 220 g/mol. The molecule has 0 spiro atoms. The molecule has 15 heavy (non-hydrogen) atoms. The molecule has 0 saturated carbocycles. The molecular weight excluding hydrogens is 208 g/mol. The minimum Gasteiger partial charge on any atom is -0.219 e. The number of thioether (sulfide) groups is 1. The first kappa shape index (κ1) is 9.15. The molecule has 2 aromatic rings. The van der Waals surface area contributed by atoms with Gasteiger partial charge in [0.25, 0.3) is 5.78 Å². The number of aromatic nitrogens is 4. The lowest BCUT2D eigenvalue weighted by molar-refractivity contribution is 0.809. The van der Waals surface area contributed by atoms with Crippen LogP contribution in [-0.2, 0) is 12.8 Å². The summed E-state index contributed by atoms with van der Waals surface area (Å²) in [5.41, 5.74) is 2.64. The van der Waals surface area contributed by atoms with Crippen molar-refractivity contribution in [1.82, 2.24) is 19.6 Å². The molecule has 0 atom stereocenters. The Labute approximate surface area is 92.1 Å². The summed E-state index contributed by atoms with van der Waals surface area (Å²) in [4.78, 5) is 8.72. The van der Waals surface area contributed by atoms with Crippen LogP contribution in [0, 0.1) is 0 Å². The van der Waals surface area contributed by atoms with E-state index >= 15 is 0 Å². The lowest BCUT2D eigenvalue weighted by Gasteiger charge is -1.98. The van der Waals surface area contributed by atoms with Crippen LogP contribution in [0.2, 0.25) is 0 Å². The van der Waals surface area contributed by atoms with Gasteiger partial charge < -0.3 is 0 Å². The Hall–Kier alpha value is -1.10. The Kier molecular flexibility index (Phi) is 2.12. The van der Waals surface area contributed by atoms with Gasteiger partial charge in [-0.1, -0.05) is 18.7 Å². The highest BCUT2D eigenvalue weighted by molar-refractivity contribution is 7.99. The molecule has 2 aromatic heterocycles. The zero-order chi connectivity index (χ0) is 10.3. The monoisotopic (exact) mass is 220 g/mol. The van der Waals surface area contributed by atoms with Crippen LogP contribution in [0.4, 0.5) is 0 Å². The van der Waals surface area contributed by atoms with Crippen molar-refractivity contribution in [3.8, 4) is 0 Å². The summed E-state index contributed by atoms with van der Waals surface area (Å²) >= 11 is 1.66. The third-order valence-corrected chi connectivity index (χ3v) is 3.39. The molecule has 2 heterocycles. The van der Waals surface area contributed by atoms with Crippen molar-refractivity contribution in [1.29, 1.82) is 0 Å². The molecule has 1 aliphatic carbocycles. The van der Waals surface area contributed by atoms with Gasteiger partial charge in [0.1, 0.15) is 0 Å². The van der Waals surface area contributed by atoms with E-state index in [0.29, 0.717) is 0 Å². The molecule has 78 valence electrons. The second kappa shape index (κ2) is 3.48. The third kappa shape index (κ3) is 1.42. The summed E-state index contributed by atoms with van der Waals surface area (Å²) in [6.45, 7) is 2.11. The van der Waals surface area contributed by atoms with Crippen LogP contribution in [0.5, 0.6) is 0 Å². The van der Waals surface area contributed by atoms with Gasteiger partial charge in [0.2, 0.25) is 5.16 Å². The van der Waals surface area contributed by atoms with Gasteiger partial charge in [-0.05, 0) is 30.6 Å². The second-order valence-corrected chi connectivity index (χ2v) is 4.85. The smallest absolute Gasteiger partial charge is 0.219 e. The maximum Gasteiger partial charge on any atom is 0.253 e. The average Bonchev–Trinajstić information content (AvgIpc) is 2.80. The van der Waals surface area contributed by atoms with Gasteiger partial charge in [0.15, 0.2) is 0 Å². The van der Waals surface area contributed by atoms with Crippen molar-refractivity contribution in [3.63, 3.8) is 0 Å². The third-order valence-electron chi connectivity index (χ3n) is 2.67. The van der Waals surface area contributed by atoms with E-state index in [1.54, 1.807) is 11.8 Å². The molecule has 0 aliphatic heterocycles. The molecule has 0 aromatic carbocycles. The van der Waals surface area contributed by atoms with Gasteiger partial charge in [0.05, 0.1) is 5.69 Å². The van der Waals surface area contributed by atoms with E-state index in [1.807, 2.05) is 10.7 Å². The van der Waals surface area contributed by atoms with Crippen LogP contribution in [0.15, 0.2) is 11.4 Å². The first-order valence-electron chi connectivity index (χ1n) is 5.25. The van der Waals surface area contributed by atoms with Gasteiger partial charge in [-0.15, -0.1) is 5.10 Å². The van der Waals surface area contributed by atoms with E-state index in [1.165, 1.54) is 17.7 Å². The van der Waals surface area contributed by atoms with E-state index in [0.717, 1.165) is 29.5 Å². The topological polar surface area (TPSA) is 43.1 Å². The molecule has 0 saturated heterocycles. The fourth-order valence-corrected chi connectivity index (χ4v) is 2.55. The van der Waals surface area contributed by atoms with Crippen molar-refractivity contribution in [2.24, 2.45) is 0 Å². The number of aryl methyl sites for hydroxylation is 2. The molecule has 1 aliphatic rings. The van der Waals surface area contributed by atoms with Gasteiger partial charge in [0, 0.05) is 6.20 Å². The van der Waals surface area contributed by atoms with Crippen LogP contribution < -0.4 is 0 Å². The van der Waals surface area contributed by atoms with Crippen molar-refractivity contribution < 1.29 is 0 Å². The van der Waals surface area contributed by atoms with Crippen LogP contribution in [0.1, 0.15) is 24.6 Å². The van der Waals surface area contributed by atoms with Gasteiger partial charge in [-0.3, -0.25) is 0 Å².